The maximum Gasteiger partial charge on any atom is 0.255 e. The maximum absolute atomic E-state index is 10.9. The summed E-state index contributed by atoms with van der Waals surface area (Å²) in [4.78, 5) is 10.9. The smallest absolute Gasteiger partial charge is 0.255 e. The minimum Gasteiger partial charge on any atom is -0.490 e. The van der Waals surface area contributed by atoms with Gasteiger partial charge in [-0.1, -0.05) is 19.8 Å². The highest BCUT2D eigenvalue weighted by Gasteiger charge is 2.13. The molecule has 0 aliphatic carbocycles. The van der Waals surface area contributed by atoms with E-state index in [1.54, 1.807) is 0 Å². The summed E-state index contributed by atoms with van der Waals surface area (Å²) in [5, 5.41) is 3.41. The van der Waals surface area contributed by atoms with Crippen LogP contribution >= 0.6 is 28.3 Å². The van der Waals surface area contributed by atoms with Gasteiger partial charge in [0.05, 0.1) is 11.1 Å². The number of primary amides is 1. The Bertz CT molecular complexity index is 487. The summed E-state index contributed by atoms with van der Waals surface area (Å²) in [6.07, 6.45) is 3.63. The van der Waals surface area contributed by atoms with Gasteiger partial charge < -0.3 is 20.5 Å². The van der Waals surface area contributed by atoms with Gasteiger partial charge in [-0.15, -0.1) is 12.4 Å². The summed E-state index contributed by atoms with van der Waals surface area (Å²) < 4.78 is 11.8. The maximum atomic E-state index is 10.9. The zero-order chi connectivity index (χ0) is 16.4. The number of hydrogen-bond acceptors (Lipinski definition) is 4. The highest BCUT2D eigenvalue weighted by atomic mass is 79.9. The van der Waals surface area contributed by atoms with Crippen molar-refractivity contribution in [2.45, 2.75) is 39.7 Å². The van der Waals surface area contributed by atoms with Crippen LogP contribution in [-0.2, 0) is 11.3 Å². The predicted molar refractivity (Wildman–Crippen MR) is 98.5 cm³/mol. The van der Waals surface area contributed by atoms with Crippen LogP contribution in [0.1, 0.15) is 38.7 Å². The van der Waals surface area contributed by atoms with Gasteiger partial charge in [-0.2, -0.15) is 0 Å². The summed E-state index contributed by atoms with van der Waals surface area (Å²) in [5.74, 6) is 0.606. The fourth-order valence-electron chi connectivity index (χ4n) is 2.00. The third-order valence-electron chi connectivity index (χ3n) is 3.01. The van der Waals surface area contributed by atoms with Gasteiger partial charge in [0.15, 0.2) is 18.1 Å². The lowest BCUT2D eigenvalue weighted by atomic mass is 10.2. The van der Waals surface area contributed by atoms with E-state index in [0.29, 0.717) is 18.1 Å². The molecule has 1 rings (SSSR count). The lowest BCUT2D eigenvalue weighted by Gasteiger charge is -2.15. The average Bonchev–Trinajstić information content (AvgIpc) is 2.46. The van der Waals surface area contributed by atoms with E-state index in [0.717, 1.165) is 23.1 Å². The van der Waals surface area contributed by atoms with Crippen LogP contribution in [0.4, 0.5) is 0 Å². The van der Waals surface area contributed by atoms with Gasteiger partial charge in [0, 0.05) is 6.54 Å². The third-order valence-corrected chi connectivity index (χ3v) is 3.60. The molecule has 0 aliphatic heterocycles. The molecular weight excluding hydrogens is 384 g/mol. The Morgan fingerprint density at radius 1 is 1.26 bits per heavy atom. The number of amides is 1. The van der Waals surface area contributed by atoms with Gasteiger partial charge in [-0.3, -0.25) is 4.79 Å². The number of unbranched alkanes of at least 4 members (excludes halogenated alkanes) is 2. The second-order valence-corrected chi connectivity index (χ2v) is 5.83. The number of halogens is 2. The Morgan fingerprint density at radius 3 is 2.61 bits per heavy atom. The minimum absolute atomic E-state index is 0. The third kappa shape index (κ3) is 8.44. The Kier molecular flexibility index (Phi) is 11.9. The Hall–Kier alpha value is -0.980. The number of ether oxygens (including phenoxy) is 2. The number of rotatable bonds is 11. The van der Waals surface area contributed by atoms with E-state index in [9.17, 15) is 4.79 Å². The molecule has 132 valence electrons. The van der Waals surface area contributed by atoms with Crippen molar-refractivity contribution in [2.75, 3.05) is 19.8 Å². The summed E-state index contributed by atoms with van der Waals surface area (Å²) in [6.45, 7) is 6.20. The predicted octanol–water partition coefficient (Wildman–Crippen LogP) is 3.41. The van der Waals surface area contributed by atoms with Gasteiger partial charge in [0.1, 0.15) is 0 Å². The van der Waals surface area contributed by atoms with E-state index in [-0.39, 0.29) is 19.0 Å². The summed E-state index contributed by atoms with van der Waals surface area (Å²) in [6, 6.07) is 3.89. The molecule has 1 aromatic rings. The van der Waals surface area contributed by atoms with Crippen molar-refractivity contribution >= 4 is 34.2 Å². The van der Waals surface area contributed by atoms with Gasteiger partial charge in [0.2, 0.25) is 0 Å². The molecule has 1 aromatic carbocycles. The highest BCUT2D eigenvalue weighted by Crippen LogP contribution is 2.36. The monoisotopic (exact) mass is 408 g/mol. The van der Waals surface area contributed by atoms with Gasteiger partial charge in [0.25, 0.3) is 5.91 Å². The highest BCUT2D eigenvalue weighted by molar-refractivity contribution is 9.10. The van der Waals surface area contributed by atoms with Crippen LogP contribution in [0.15, 0.2) is 16.6 Å². The first kappa shape index (κ1) is 22.0. The van der Waals surface area contributed by atoms with Crippen LogP contribution in [-0.4, -0.2) is 25.7 Å². The number of benzene rings is 1. The van der Waals surface area contributed by atoms with Crippen molar-refractivity contribution in [1.82, 2.24) is 5.32 Å². The molecular formula is C16H26BrClN2O3. The Morgan fingerprint density at radius 2 is 2.00 bits per heavy atom. The molecule has 0 saturated heterocycles. The average molecular weight is 410 g/mol. The minimum atomic E-state index is -0.518. The molecule has 0 bridgehead atoms. The van der Waals surface area contributed by atoms with E-state index in [2.05, 4.69) is 28.2 Å². The number of hydrogen-bond donors (Lipinski definition) is 2. The molecule has 0 aliphatic rings. The van der Waals surface area contributed by atoms with Crippen molar-refractivity contribution in [3.05, 3.63) is 22.2 Å². The van der Waals surface area contributed by atoms with Crippen LogP contribution in [0, 0.1) is 0 Å². The Labute approximate surface area is 152 Å². The van der Waals surface area contributed by atoms with Crippen LogP contribution in [0.2, 0.25) is 0 Å². The fraction of sp³-hybridized carbons (Fsp3) is 0.562. The van der Waals surface area contributed by atoms with Crippen LogP contribution in [0.5, 0.6) is 11.5 Å². The van der Waals surface area contributed by atoms with Crippen LogP contribution in [0.25, 0.3) is 0 Å². The summed E-state index contributed by atoms with van der Waals surface area (Å²) in [5.41, 5.74) is 6.22. The van der Waals surface area contributed by atoms with E-state index in [1.807, 2.05) is 19.1 Å². The fourth-order valence-corrected chi connectivity index (χ4v) is 2.61. The van der Waals surface area contributed by atoms with E-state index in [1.165, 1.54) is 19.3 Å². The molecule has 3 N–H and O–H groups in total. The van der Waals surface area contributed by atoms with Gasteiger partial charge >= 0.3 is 0 Å². The molecule has 0 atom stereocenters. The second-order valence-electron chi connectivity index (χ2n) is 4.98. The molecule has 7 heteroatoms. The van der Waals surface area contributed by atoms with Crippen molar-refractivity contribution < 1.29 is 14.3 Å². The summed E-state index contributed by atoms with van der Waals surface area (Å²) >= 11 is 3.47. The van der Waals surface area contributed by atoms with E-state index < -0.39 is 5.91 Å². The number of carbonyl (C=O) groups excluding carboxylic acids is 1. The van der Waals surface area contributed by atoms with Crippen LogP contribution in [0.3, 0.4) is 0 Å². The molecule has 0 fully saturated rings. The SMILES string of the molecule is CCCCCNCc1cc(Br)c(OCC(N)=O)c(OCC)c1.Cl. The first-order valence-corrected chi connectivity index (χ1v) is 8.44. The van der Waals surface area contributed by atoms with Gasteiger partial charge in [-0.05, 0) is 53.5 Å². The first-order chi connectivity index (χ1) is 10.6. The first-order valence-electron chi connectivity index (χ1n) is 7.65. The zero-order valence-electron chi connectivity index (χ0n) is 13.7. The molecule has 5 nitrogen and oxygen atoms in total. The molecule has 23 heavy (non-hydrogen) atoms. The molecule has 0 aromatic heterocycles. The molecule has 0 spiro atoms. The van der Waals surface area contributed by atoms with E-state index in [4.69, 9.17) is 15.2 Å². The normalized spacial score (nSPS) is 10.0. The van der Waals surface area contributed by atoms with Crippen molar-refractivity contribution in [1.29, 1.82) is 0 Å². The lowest BCUT2D eigenvalue weighted by molar-refractivity contribution is -0.119. The lowest BCUT2D eigenvalue weighted by Crippen LogP contribution is -2.20. The number of carbonyl (C=O) groups is 1. The second kappa shape index (κ2) is 12.4. The molecule has 0 heterocycles. The van der Waals surface area contributed by atoms with Crippen molar-refractivity contribution in [3.63, 3.8) is 0 Å². The zero-order valence-corrected chi connectivity index (χ0v) is 16.1. The number of nitrogens with two attached hydrogens (primary N) is 1. The standard InChI is InChI=1S/C16H25BrN2O3.ClH/c1-3-5-6-7-19-10-12-8-13(17)16(22-11-15(18)20)14(9-12)21-4-2;/h8-9,19H,3-7,10-11H2,1-2H3,(H2,18,20);1H. The Balaban J connectivity index is 0.00000484. The molecule has 0 radical (unpaired) electrons. The van der Waals surface area contributed by atoms with Crippen molar-refractivity contribution in [3.8, 4) is 11.5 Å². The van der Waals surface area contributed by atoms with Crippen LogP contribution < -0.4 is 20.5 Å². The molecule has 0 saturated carbocycles. The molecule has 1 amide bonds. The number of nitrogens with one attached hydrogen (secondary N) is 1. The van der Waals surface area contributed by atoms with E-state index >= 15 is 0 Å². The van der Waals surface area contributed by atoms with Gasteiger partial charge in [-0.25, -0.2) is 0 Å². The molecule has 0 unspecified atom stereocenters. The largest absolute Gasteiger partial charge is 0.490 e. The summed E-state index contributed by atoms with van der Waals surface area (Å²) in [7, 11) is 0. The topological polar surface area (TPSA) is 73.6 Å². The quantitative estimate of drug-likeness (QED) is 0.549. The van der Waals surface area contributed by atoms with Crippen molar-refractivity contribution in [2.24, 2.45) is 5.73 Å².